The van der Waals surface area contributed by atoms with Crippen molar-refractivity contribution in [1.82, 2.24) is 0 Å². The highest BCUT2D eigenvalue weighted by Gasteiger charge is 2.48. The number of ether oxygens (including phenoxy) is 1. The van der Waals surface area contributed by atoms with E-state index in [4.69, 9.17) is 37.3 Å². The molecule has 108 valence electrons. The average molecular weight is 300 g/mol. The van der Waals surface area contributed by atoms with Crippen LogP contribution in [0.25, 0.3) is 0 Å². The van der Waals surface area contributed by atoms with E-state index in [2.05, 4.69) is 0 Å². The Hall–Kier alpha value is -2.68. The normalized spacial score (nSPS) is 9.67. The molecule has 21 heavy (non-hydrogen) atoms. The summed E-state index contributed by atoms with van der Waals surface area (Å²) in [5, 5.41) is 0. The molecule has 0 amide bonds. The second kappa shape index (κ2) is 7.80. The van der Waals surface area contributed by atoms with Crippen LogP contribution in [0.4, 0.5) is 0 Å². The van der Waals surface area contributed by atoms with E-state index in [1.807, 2.05) is 43.4 Å². The van der Waals surface area contributed by atoms with Gasteiger partial charge in [-0.25, -0.2) is 0 Å². The Balaban J connectivity index is 2.89. The maximum Gasteiger partial charge on any atom is 0.725 e. The van der Waals surface area contributed by atoms with Gasteiger partial charge in [0.2, 0.25) is 0 Å². The Morgan fingerprint density at radius 1 is 1.05 bits per heavy atom. The standard InChI is InChI=1S/C16H16O4Si/c1-6-18-21(19-7-2,20-8-3)12-11-15-9-10-16(17-5)13-14(15)4/h1-3,9-10,13H,11-12H2,4-5H3. The molecule has 0 aliphatic rings. The van der Waals surface area contributed by atoms with Gasteiger partial charge in [-0.3, -0.25) is 0 Å². The molecule has 0 aromatic heterocycles. The summed E-state index contributed by atoms with van der Waals surface area (Å²) in [7, 11) is -1.64. The fraction of sp³-hybridized carbons (Fsp3) is 0.250. The van der Waals surface area contributed by atoms with Gasteiger partial charge in [0, 0.05) is 0 Å². The lowest BCUT2D eigenvalue weighted by Gasteiger charge is -2.21. The summed E-state index contributed by atoms with van der Waals surface area (Å²) in [4.78, 5) is 0. The van der Waals surface area contributed by atoms with Gasteiger partial charge in [-0.2, -0.15) is 0 Å². The Morgan fingerprint density at radius 3 is 2.05 bits per heavy atom. The minimum absolute atomic E-state index is 0.374. The molecule has 0 saturated carbocycles. The van der Waals surface area contributed by atoms with Crippen LogP contribution in [0.2, 0.25) is 6.04 Å². The van der Waals surface area contributed by atoms with Gasteiger partial charge in [0.25, 0.3) is 0 Å². The summed E-state index contributed by atoms with van der Waals surface area (Å²) in [5.74, 6) is 0.791. The lowest BCUT2D eigenvalue weighted by atomic mass is 10.1. The number of methoxy groups -OCH3 is 1. The molecule has 4 nitrogen and oxygen atoms in total. The summed E-state index contributed by atoms with van der Waals surface area (Å²) in [6.07, 6.45) is 22.2. The number of benzene rings is 1. The molecule has 0 bridgehead atoms. The second-order valence-corrected chi connectivity index (χ2v) is 6.61. The summed E-state index contributed by atoms with van der Waals surface area (Å²) in [6.45, 7) is 1.98. The Bertz CT molecular complexity index is 563. The zero-order valence-corrected chi connectivity index (χ0v) is 13.0. The van der Waals surface area contributed by atoms with Crippen molar-refractivity contribution in [1.29, 1.82) is 0 Å². The van der Waals surface area contributed by atoms with E-state index in [0.29, 0.717) is 12.5 Å². The molecule has 0 N–H and O–H groups in total. The predicted molar refractivity (Wildman–Crippen MR) is 81.8 cm³/mol. The number of terminal acetylenes is 3. The molecule has 5 heteroatoms. The van der Waals surface area contributed by atoms with Crippen LogP contribution in [-0.2, 0) is 19.7 Å². The van der Waals surface area contributed by atoms with Crippen molar-refractivity contribution in [3.05, 3.63) is 29.3 Å². The topological polar surface area (TPSA) is 36.9 Å². The van der Waals surface area contributed by atoms with Crippen LogP contribution in [0.15, 0.2) is 18.2 Å². The fourth-order valence-electron chi connectivity index (χ4n) is 1.85. The second-order valence-electron chi connectivity index (χ2n) is 4.14. The van der Waals surface area contributed by atoms with Crippen LogP contribution >= 0.6 is 0 Å². The van der Waals surface area contributed by atoms with Crippen LogP contribution in [0.5, 0.6) is 5.75 Å². The van der Waals surface area contributed by atoms with E-state index in [9.17, 15) is 0 Å². The highest BCUT2D eigenvalue weighted by Crippen LogP contribution is 2.22. The van der Waals surface area contributed by atoms with Gasteiger partial charge < -0.3 is 18.0 Å². The summed E-state index contributed by atoms with van der Waals surface area (Å²) in [6, 6.07) is 6.14. The van der Waals surface area contributed by atoms with Gasteiger partial charge in [0.15, 0.2) is 0 Å². The molecule has 0 aliphatic carbocycles. The van der Waals surface area contributed by atoms with Gasteiger partial charge >= 0.3 is 8.80 Å². The zero-order chi connectivity index (χ0) is 15.7. The summed E-state index contributed by atoms with van der Waals surface area (Å²) < 4.78 is 20.6. The third-order valence-electron chi connectivity index (χ3n) is 2.89. The lowest BCUT2D eigenvalue weighted by Crippen LogP contribution is -2.42. The van der Waals surface area contributed by atoms with Crippen molar-refractivity contribution in [2.75, 3.05) is 7.11 Å². The molecule has 1 aromatic rings. The molecular formula is C16H16O4Si. The number of hydrogen-bond acceptors (Lipinski definition) is 4. The van der Waals surface area contributed by atoms with Crippen LogP contribution in [0.3, 0.4) is 0 Å². The van der Waals surface area contributed by atoms with Crippen molar-refractivity contribution in [2.24, 2.45) is 0 Å². The first-order chi connectivity index (χ1) is 10.1. The Morgan fingerprint density at radius 2 is 1.62 bits per heavy atom. The van der Waals surface area contributed by atoms with Crippen LogP contribution in [0, 0.1) is 44.5 Å². The highest BCUT2D eigenvalue weighted by molar-refractivity contribution is 6.61. The first kappa shape index (κ1) is 16.4. The van der Waals surface area contributed by atoms with Gasteiger partial charge in [-0.05, 0) is 36.6 Å². The third-order valence-corrected chi connectivity index (χ3v) is 5.04. The number of hydrogen-bond donors (Lipinski definition) is 0. The fourth-order valence-corrected chi connectivity index (χ4v) is 3.39. The molecule has 0 radical (unpaired) electrons. The van der Waals surface area contributed by atoms with Gasteiger partial charge in [-0.1, -0.05) is 25.3 Å². The van der Waals surface area contributed by atoms with E-state index in [1.165, 1.54) is 0 Å². The van der Waals surface area contributed by atoms with Crippen molar-refractivity contribution in [3.63, 3.8) is 0 Å². The largest absolute Gasteiger partial charge is 0.725 e. The number of rotatable bonds is 7. The van der Waals surface area contributed by atoms with E-state index in [0.717, 1.165) is 16.9 Å². The highest BCUT2D eigenvalue weighted by atomic mass is 28.4. The minimum Gasteiger partial charge on any atom is -0.497 e. The van der Waals surface area contributed by atoms with Gasteiger partial charge in [-0.15, -0.1) is 0 Å². The van der Waals surface area contributed by atoms with E-state index in [1.54, 1.807) is 7.11 Å². The molecule has 1 rings (SSSR count). The van der Waals surface area contributed by atoms with Crippen molar-refractivity contribution < 1.29 is 18.0 Å². The number of aryl methyl sites for hydroxylation is 2. The first-order valence-electron chi connectivity index (χ1n) is 6.15. The van der Waals surface area contributed by atoms with Crippen molar-refractivity contribution in [2.45, 2.75) is 19.4 Å². The third kappa shape index (κ3) is 4.42. The van der Waals surface area contributed by atoms with Gasteiger partial charge in [0.05, 0.1) is 31.5 Å². The molecule has 0 aliphatic heterocycles. The minimum atomic E-state index is -3.26. The zero-order valence-electron chi connectivity index (χ0n) is 12.0. The van der Waals surface area contributed by atoms with Crippen LogP contribution in [0.1, 0.15) is 11.1 Å². The molecule has 0 heterocycles. The predicted octanol–water partition coefficient (Wildman–Crippen LogP) is 2.31. The maximum atomic E-state index is 5.17. The molecule has 1 aromatic carbocycles. The SMILES string of the molecule is C#CO[Si](CCc1ccc(OC)cc1C)(OC#C)OC#C. The van der Waals surface area contributed by atoms with E-state index in [-0.39, 0.29) is 0 Å². The average Bonchev–Trinajstić information content (AvgIpc) is 2.46. The molecule has 0 fully saturated rings. The van der Waals surface area contributed by atoms with Crippen molar-refractivity contribution >= 4 is 8.80 Å². The molecule has 0 atom stereocenters. The van der Waals surface area contributed by atoms with E-state index >= 15 is 0 Å². The summed E-state index contributed by atoms with van der Waals surface area (Å²) >= 11 is 0. The van der Waals surface area contributed by atoms with Crippen LogP contribution in [-0.4, -0.2) is 15.9 Å². The molecule has 0 spiro atoms. The lowest BCUT2D eigenvalue weighted by molar-refractivity contribution is 0.212. The summed E-state index contributed by atoms with van der Waals surface area (Å²) in [5.41, 5.74) is 2.15. The quantitative estimate of drug-likeness (QED) is 0.572. The molecule has 0 unspecified atom stereocenters. The van der Waals surface area contributed by atoms with E-state index < -0.39 is 8.80 Å². The smallest absolute Gasteiger partial charge is 0.497 e. The van der Waals surface area contributed by atoms with Gasteiger partial charge in [0.1, 0.15) is 5.75 Å². The van der Waals surface area contributed by atoms with Crippen molar-refractivity contribution in [3.8, 4) is 43.3 Å². The molecule has 0 saturated heterocycles. The Labute approximate surface area is 126 Å². The Kier molecular flexibility index (Phi) is 6.08. The monoisotopic (exact) mass is 300 g/mol. The van der Waals surface area contributed by atoms with Crippen LogP contribution < -0.4 is 4.74 Å². The first-order valence-corrected chi connectivity index (χ1v) is 8.08. The maximum absolute atomic E-state index is 5.17. The molecular weight excluding hydrogens is 284 g/mol.